The number of hydrogen-bond donors (Lipinski definition) is 1. The highest BCUT2D eigenvalue weighted by atomic mass is 16.5. The summed E-state index contributed by atoms with van der Waals surface area (Å²) < 4.78 is 11.8. The fraction of sp³-hybridized carbons (Fsp3) is 0.111. The molecule has 6 heteroatoms. The Morgan fingerprint density at radius 2 is 1.75 bits per heavy atom. The van der Waals surface area contributed by atoms with Crippen LogP contribution in [-0.2, 0) is 0 Å². The molecule has 0 atom stereocenters. The number of carboxylic acid groups (broad SMARTS) is 1. The van der Waals surface area contributed by atoms with E-state index >= 15 is 0 Å². The quantitative estimate of drug-likeness (QED) is 0.798. The number of nitrogens with zero attached hydrogens (tertiary/aromatic N) is 1. The molecular formula is C18H15NO5. The summed E-state index contributed by atoms with van der Waals surface area (Å²) in [4.78, 5) is 24.4. The van der Waals surface area contributed by atoms with Gasteiger partial charge >= 0.3 is 5.97 Å². The maximum Gasteiger partial charge on any atom is 0.337 e. The van der Waals surface area contributed by atoms with Gasteiger partial charge in [-0.2, -0.15) is 0 Å². The van der Waals surface area contributed by atoms with E-state index in [-0.39, 0.29) is 11.1 Å². The summed E-state index contributed by atoms with van der Waals surface area (Å²) in [5, 5.41) is 10.2. The lowest BCUT2D eigenvalue weighted by molar-refractivity contribution is 0.0698. The number of aromatic nitrogens is 1. The van der Waals surface area contributed by atoms with Crippen LogP contribution in [0, 0.1) is 0 Å². The second-order valence-electron chi connectivity index (χ2n) is 5.11. The Balaban J connectivity index is 2.37. The normalized spacial score (nSPS) is 10.6. The molecule has 1 aromatic heterocycles. The molecule has 0 aliphatic heterocycles. The molecule has 2 aromatic carbocycles. The van der Waals surface area contributed by atoms with Crippen LogP contribution in [0.5, 0.6) is 11.5 Å². The minimum Gasteiger partial charge on any atom is -0.497 e. The lowest BCUT2D eigenvalue weighted by atomic mass is 10.1. The van der Waals surface area contributed by atoms with Crippen LogP contribution in [-0.4, -0.2) is 29.9 Å². The van der Waals surface area contributed by atoms with Crippen molar-refractivity contribution in [3.8, 4) is 17.2 Å². The smallest absolute Gasteiger partial charge is 0.337 e. The SMILES string of the molecule is COc1ccc(-n2cc(C(=O)O)c3ccccc3c2=O)c(OC)c1. The number of rotatable bonds is 4. The highest BCUT2D eigenvalue weighted by Crippen LogP contribution is 2.28. The molecule has 0 aliphatic rings. The molecule has 0 amide bonds. The molecule has 3 aromatic rings. The Hall–Kier alpha value is -3.28. The Bertz CT molecular complexity index is 990. The molecule has 122 valence electrons. The molecule has 0 fully saturated rings. The summed E-state index contributed by atoms with van der Waals surface area (Å²) in [6, 6.07) is 11.6. The molecule has 6 nitrogen and oxygen atoms in total. The molecule has 3 rings (SSSR count). The van der Waals surface area contributed by atoms with Gasteiger partial charge in [0.05, 0.1) is 25.5 Å². The monoisotopic (exact) mass is 325 g/mol. The lowest BCUT2D eigenvalue weighted by Crippen LogP contribution is -2.21. The Morgan fingerprint density at radius 1 is 1.04 bits per heavy atom. The second-order valence-corrected chi connectivity index (χ2v) is 5.11. The third-order valence-electron chi connectivity index (χ3n) is 3.80. The first-order valence-electron chi connectivity index (χ1n) is 7.17. The average Bonchev–Trinajstić information content (AvgIpc) is 2.61. The van der Waals surface area contributed by atoms with Gasteiger partial charge in [-0.1, -0.05) is 18.2 Å². The zero-order chi connectivity index (χ0) is 17.3. The minimum absolute atomic E-state index is 0.0445. The number of ether oxygens (including phenoxy) is 2. The molecule has 0 unspecified atom stereocenters. The van der Waals surface area contributed by atoms with Crippen molar-refractivity contribution in [1.82, 2.24) is 4.57 Å². The molecule has 0 radical (unpaired) electrons. The van der Waals surface area contributed by atoms with Gasteiger partial charge in [0.15, 0.2) is 0 Å². The number of hydrogen-bond acceptors (Lipinski definition) is 4. The van der Waals surface area contributed by atoms with Crippen molar-refractivity contribution in [3.05, 3.63) is 64.6 Å². The van der Waals surface area contributed by atoms with Gasteiger partial charge < -0.3 is 14.6 Å². The summed E-state index contributed by atoms with van der Waals surface area (Å²) in [5.74, 6) is -0.126. The summed E-state index contributed by atoms with van der Waals surface area (Å²) in [7, 11) is 3.00. The Morgan fingerprint density at radius 3 is 2.38 bits per heavy atom. The van der Waals surface area contributed by atoms with Crippen molar-refractivity contribution in [2.24, 2.45) is 0 Å². The molecule has 1 heterocycles. The van der Waals surface area contributed by atoms with Crippen molar-refractivity contribution in [2.75, 3.05) is 14.2 Å². The number of fused-ring (bicyclic) bond motifs is 1. The van der Waals surface area contributed by atoms with E-state index in [4.69, 9.17) is 9.47 Å². The van der Waals surface area contributed by atoms with E-state index < -0.39 is 5.97 Å². The van der Waals surface area contributed by atoms with Gasteiger partial charge in [0.1, 0.15) is 11.5 Å². The van der Waals surface area contributed by atoms with Gasteiger partial charge in [0.2, 0.25) is 0 Å². The van der Waals surface area contributed by atoms with E-state index in [1.54, 1.807) is 42.5 Å². The second kappa shape index (κ2) is 6.08. The van der Waals surface area contributed by atoms with Gasteiger partial charge in [-0.3, -0.25) is 9.36 Å². The summed E-state index contributed by atoms with van der Waals surface area (Å²) >= 11 is 0. The van der Waals surface area contributed by atoms with Gasteiger partial charge in [0, 0.05) is 23.0 Å². The number of carbonyl (C=O) groups is 1. The fourth-order valence-corrected chi connectivity index (χ4v) is 2.62. The molecule has 0 bridgehead atoms. The van der Waals surface area contributed by atoms with Gasteiger partial charge in [0.25, 0.3) is 5.56 Å². The van der Waals surface area contributed by atoms with Crippen LogP contribution in [0.15, 0.2) is 53.5 Å². The number of pyridine rings is 1. The van der Waals surface area contributed by atoms with Crippen molar-refractivity contribution < 1.29 is 19.4 Å². The maximum atomic E-state index is 12.8. The van der Waals surface area contributed by atoms with Crippen LogP contribution >= 0.6 is 0 Å². The van der Waals surface area contributed by atoms with E-state index in [1.165, 1.54) is 25.0 Å². The van der Waals surface area contributed by atoms with E-state index in [1.807, 2.05) is 0 Å². The molecule has 24 heavy (non-hydrogen) atoms. The van der Waals surface area contributed by atoms with Crippen LogP contribution in [0.4, 0.5) is 0 Å². The third kappa shape index (κ3) is 2.48. The topological polar surface area (TPSA) is 77.8 Å². The summed E-state index contributed by atoms with van der Waals surface area (Å²) in [5.41, 5.74) is 0.165. The Labute approximate surface area is 137 Å². The molecular weight excluding hydrogens is 310 g/mol. The van der Waals surface area contributed by atoms with Crippen molar-refractivity contribution >= 4 is 16.7 Å². The standard InChI is InChI=1S/C18H15NO5/c1-23-11-7-8-15(16(9-11)24-2)19-10-14(18(21)22)12-5-3-4-6-13(12)17(19)20/h3-10H,1-2H3,(H,21,22). The van der Waals surface area contributed by atoms with E-state index in [0.29, 0.717) is 28.0 Å². The maximum absolute atomic E-state index is 12.8. The van der Waals surface area contributed by atoms with Gasteiger partial charge in [-0.25, -0.2) is 4.79 Å². The number of benzene rings is 2. The molecule has 0 saturated heterocycles. The number of methoxy groups -OCH3 is 2. The van der Waals surface area contributed by atoms with E-state index in [2.05, 4.69) is 0 Å². The predicted molar refractivity (Wildman–Crippen MR) is 89.6 cm³/mol. The largest absolute Gasteiger partial charge is 0.497 e. The molecule has 0 spiro atoms. The number of aromatic carboxylic acids is 1. The fourth-order valence-electron chi connectivity index (χ4n) is 2.62. The highest BCUT2D eigenvalue weighted by molar-refractivity contribution is 6.03. The Kier molecular flexibility index (Phi) is 3.95. The van der Waals surface area contributed by atoms with Crippen molar-refractivity contribution in [2.45, 2.75) is 0 Å². The summed E-state index contributed by atoms with van der Waals surface area (Å²) in [6.07, 6.45) is 1.32. The first-order chi connectivity index (χ1) is 11.6. The van der Waals surface area contributed by atoms with Gasteiger partial charge in [-0.05, 0) is 18.2 Å². The van der Waals surface area contributed by atoms with Crippen molar-refractivity contribution in [1.29, 1.82) is 0 Å². The first-order valence-corrected chi connectivity index (χ1v) is 7.17. The van der Waals surface area contributed by atoms with Crippen LogP contribution in [0.3, 0.4) is 0 Å². The third-order valence-corrected chi connectivity index (χ3v) is 3.80. The highest BCUT2D eigenvalue weighted by Gasteiger charge is 2.16. The zero-order valence-corrected chi connectivity index (χ0v) is 13.1. The van der Waals surface area contributed by atoms with Crippen LogP contribution in [0.25, 0.3) is 16.5 Å². The average molecular weight is 325 g/mol. The predicted octanol–water partition coefficient (Wildman–Crippen LogP) is 2.71. The zero-order valence-electron chi connectivity index (χ0n) is 13.1. The van der Waals surface area contributed by atoms with Crippen LogP contribution in [0.1, 0.15) is 10.4 Å². The van der Waals surface area contributed by atoms with E-state index in [9.17, 15) is 14.7 Å². The van der Waals surface area contributed by atoms with Crippen molar-refractivity contribution in [3.63, 3.8) is 0 Å². The molecule has 0 aliphatic carbocycles. The van der Waals surface area contributed by atoms with Gasteiger partial charge in [-0.15, -0.1) is 0 Å². The molecule has 0 saturated carbocycles. The first kappa shape index (κ1) is 15.6. The van der Waals surface area contributed by atoms with E-state index in [0.717, 1.165) is 0 Å². The number of carboxylic acids is 1. The molecule has 1 N–H and O–H groups in total. The summed E-state index contributed by atoms with van der Waals surface area (Å²) in [6.45, 7) is 0. The lowest BCUT2D eigenvalue weighted by Gasteiger charge is -2.14. The van der Waals surface area contributed by atoms with Crippen LogP contribution in [0.2, 0.25) is 0 Å². The van der Waals surface area contributed by atoms with Crippen LogP contribution < -0.4 is 15.0 Å². The minimum atomic E-state index is -1.10.